The van der Waals surface area contributed by atoms with Gasteiger partial charge in [0.2, 0.25) is 0 Å². The van der Waals surface area contributed by atoms with E-state index in [0.717, 1.165) is 37.9 Å². The minimum Gasteiger partial charge on any atom is -0.398 e. The van der Waals surface area contributed by atoms with Crippen LogP contribution in [0, 0.1) is 5.41 Å². The minimum absolute atomic E-state index is 0.322. The molecule has 2 nitrogen and oxygen atoms in total. The second-order valence-corrected chi connectivity index (χ2v) is 5.94. The summed E-state index contributed by atoms with van der Waals surface area (Å²) in [6.07, 6.45) is 5.59. The third kappa shape index (κ3) is 4.34. The zero-order chi connectivity index (χ0) is 13.6. The van der Waals surface area contributed by atoms with Gasteiger partial charge in [0.15, 0.2) is 0 Å². The van der Waals surface area contributed by atoms with Gasteiger partial charge in [0.1, 0.15) is 0 Å². The van der Waals surface area contributed by atoms with E-state index in [1.54, 1.807) is 0 Å². The fraction of sp³-hybridized carbons (Fsp3) is 0.625. The summed E-state index contributed by atoms with van der Waals surface area (Å²) in [6, 6.07) is 6.30. The maximum absolute atomic E-state index is 6.09. The topological polar surface area (TPSA) is 52.0 Å². The molecular formula is C16H28N2. The highest BCUT2D eigenvalue weighted by Gasteiger charge is 2.17. The summed E-state index contributed by atoms with van der Waals surface area (Å²) in [6.45, 7) is 7.57. The molecule has 0 aliphatic carbocycles. The maximum atomic E-state index is 6.09. The number of anilines is 1. The van der Waals surface area contributed by atoms with Crippen LogP contribution in [0.5, 0.6) is 0 Å². The molecule has 0 unspecified atom stereocenters. The molecule has 0 saturated carbocycles. The highest BCUT2D eigenvalue weighted by atomic mass is 14.6. The van der Waals surface area contributed by atoms with Gasteiger partial charge in [0.25, 0.3) is 0 Å². The van der Waals surface area contributed by atoms with E-state index in [4.69, 9.17) is 11.5 Å². The van der Waals surface area contributed by atoms with Crippen LogP contribution in [0.15, 0.2) is 18.2 Å². The summed E-state index contributed by atoms with van der Waals surface area (Å²) < 4.78 is 0. The molecule has 0 amide bonds. The normalized spacial score (nSPS) is 11.8. The van der Waals surface area contributed by atoms with Gasteiger partial charge >= 0.3 is 0 Å². The number of rotatable bonds is 7. The van der Waals surface area contributed by atoms with E-state index in [2.05, 4.69) is 32.9 Å². The van der Waals surface area contributed by atoms with Crippen molar-refractivity contribution in [2.75, 3.05) is 12.3 Å². The predicted molar refractivity (Wildman–Crippen MR) is 80.6 cm³/mol. The first-order chi connectivity index (χ1) is 8.50. The van der Waals surface area contributed by atoms with Crippen molar-refractivity contribution in [2.24, 2.45) is 11.1 Å². The second-order valence-electron chi connectivity index (χ2n) is 5.94. The number of nitrogen functional groups attached to an aromatic ring is 1. The average Bonchev–Trinajstić information content (AvgIpc) is 2.30. The molecule has 1 aromatic rings. The van der Waals surface area contributed by atoms with Crippen molar-refractivity contribution in [3.05, 3.63) is 29.3 Å². The molecule has 0 aromatic heterocycles. The first-order valence-electron chi connectivity index (χ1n) is 7.06. The van der Waals surface area contributed by atoms with Gasteiger partial charge in [-0.2, -0.15) is 0 Å². The van der Waals surface area contributed by atoms with Gasteiger partial charge < -0.3 is 11.5 Å². The largest absolute Gasteiger partial charge is 0.398 e. The highest BCUT2D eigenvalue weighted by Crippen LogP contribution is 2.28. The molecule has 0 heterocycles. The minimum atomic E-state index is 0.322. The molecule has 2 heteroatoms. The summed E-state index contributed by atoms with van der Waals surface area (Å²) >= 11 is 0. The monoisotopic (exact) mass is 248 g/mol. The summed E-state index contributed by atoms with van der Waals surface area (Å²) in [5, 5.41) is 0. The fourth-order valence-electron chi connectivity index (χ4n) is 2.43. The fourth-order valence-corrected chi connectivity index (χ4v) is 2.43. The Morgan fingerprint density at radius 1 is 1.11 bits per heavy atom. The molecule has 0 bridgehead atoms. The van der Waals surface area contributed by atoms with Crippen molar-refractivity contribution < 1.29 is 0 Å². The number of nitrogens with two attached hydrogens (primary N) is 2. The maximum Gasteiger partial charge on any atom is 0.0349 e. The molecule has 0 saturated heterocycles. The SMILES string of the molecule is CCCc1c(N)cccc1CCC(C)(C)CCN. The Bertz CT molecular complexity index is 369. The molecule has 4 N–H and O–H groups in total. The van der Waals surface area contributed by atoms with Crippen molar-refractivity contribution in [1.82, 2.24) is 0 Å². The van der Waals surface area contributed by atoms with Gasteiger partial charge in [-0.05, 0) is 54.8 Å². The average molecular weight is 248 g/mol. The summed E-state index contributed by atoms with van der Waals surface area (Å²) in [5.74, 6) is 0. The molecule has 0 atom stereocenters. The van der Waals surface area contributed by atoms with E-state index in [9.17, 15) is 0 Å². The summed E-state index contributed by atoms with van der Waals surface area (Å²) in [4.78, 5) is 0. The van der Waals surface area contributed by atoms with E-state index >= 15 is 0 Å². The molecule has 0 aliphatic rings. The Morgan fingerprint density at radius 3 is 2.44 bits per heavy atom. The van der Waals surface area contributed by atoms with Gasteiger partial charge in [-0.25, -0.2) is 0 Å². The third-order valence-electron chi connectivity index (χ3n) is 3.70. The van der Waals surface area contributed by atoms with Gasteiger partial charge in [0, 0.05) is 5.69 Å². The molecule has 18 heavy (non-hydrogen) atoms. The molecule has 1 rings (SSSR count). The van der Waals surface area contributed by atoms with Crippen LogP contribution in [-0.2, 0) is 12.8 Å². The standard InChI is InChI=1S/C16H28N2/c1-4-6-14-13(7-5-8-15(14)18)9-10-16(2,3)11-12-17/h5,7-8H,4,6,9-12,17-18H2,1-3H3. The van der Waals surface area contributed by atoms with E-state index in [0.29, 0.717) is 5.41 Å². The van der Waals surface area contributed by atoms with E-state index < -0.39 is 0 Å². The predicted octanol–water partition coefficient (Wildman–Crippen LogP) is 3.53. The van der Waals surface area contributed by atoms with Crippen LogP contribution in [0.1, 0.15) is 51.2 Å². The van der Waals surface area contributed by atoms with Crippen LogP contribution in [0.3, 0.4) is 0 Å². The molecule has 0 spiro atoms. The van der Waals surface area contributed by atoms with E-state index in [-0.39, 0.29) is 0 Å². The quantitative estimate of drug-likeness (QED) is 0.725. The van der Waals surface area contributed by atoms with Gasteiger partial charge in [0.05, 0.1) is 0 Å². The smallest absolute Gasteiger partial charge is 0.0349 e. The zero-order valence-electron chi connectivity index (χ0n) is 12.1. The lowest BCUT2D eigenvalue weighted by Gasteiger charge is -2.24. The zero-order valence-corrected chi connectivity index (χ0v) is 12.1. The second kappa shape index (κ2) is 6.79. The van der Waals surface area contributed by atoms with Crippen molar-refractivity contribution in [2.45, 2.75) is 52.9 Å². The van der Waals surface area contributed by atoms with Crippen LogP contribution in [0.25, 0.3) is 0 Å². The summed E-state index contributed by atoms with van der Waals surface area (Å²) in [7, 11) is 0. The molecular weight excluding hydrogens is 220 g/mol. The summed E-state index contributed by atoms with van der Waals surface area (Å²) in [5.41, 5.74) is 15.8. The lowest BCUT2D eigenvalue weighted by Crippen LogP contribution is -2.18. The van der Waals surface area contributed by atoms with Crippen molar-refractivity contribution in [3.8, 4) is 0 Å². The highest BCUT2D eigenvalue weighted by molar-refractivity contribution is 5.51. The van der Waals surface area contributed by atoms with Crippen molar-refractivity contribution in [1.29, 1.82) is 0 Å². The van der Waals surface area contributed by atoms with Crippen molar-refractivity contribution in [3.63, 3.8) is 0 Å². The Kier molecular flexibility index (Phi) is 5.67. The lowest BCUT2D eigenvalue weighted by atomic mass is 9.82. The van der Waals surface area contributed by atoms with Crippen LogP contribution < -0.4 is 11.5 Å². The third-order valence-corrected chi connectivity index (χ3v) is 3.70. The molecule has 0 aliphatic heterocycles. The van der Waals surface area contributed by atoms with Crippen LogP contribution in [-0.4, -0.2) is 6.54 Å². The number of benzene rings is 1. The number of hydrogen-bond acceptors (Lipinski definition) is 2. The van der Waals surface area contributed by atoms with Crippen LogP contribution >= 0.6 is 0 Å². The lowest BCUT2D eigenvalue weighted by molar-refractivity contribution is 0.313. The Hall–Kier alpha value is -1.02. The van der Waals surface area contributed by atoms with Crippen molar-refractivity contribution >= 4 is 5.69 Å². The first kappa shape index (κ1) is 15.0. The first-order valence-corrected chi connectivity index (χ1v) is 7.06. The molecule has 102 valence electrons. The van der Waals surface area contributed by atoms with Gasteiger partial charge in [-0.1, -0.05) is 39.3 Å². The van der Waals surface area contributed by atoms with Crippen LogP contribution in [0.2, 0.25) is 0 Å². The van der Waals surface area contributed by atoms with Gasteiger partial charge in [-0.15, -0.1) is 0 Å². The van der Waals surface area contributed by atoms with Gasteiger partial charge in [-0.3, -0.25) is 0 Å². The molecule has 1 aromatic carbocycles. The Labute approximate surface area is 112 Å². The number of hydrogen-bond donors (Lipinski definition) is 2. The van der Waals surface area contributed by atoms with E-state index in [1.165, 1.54) is 17.5 Å². The van der Waals surface area contributed by atoms with Crippen LogP contribution in [0.4, 0.5) is 5.69 Å². The Morgan fingerprint density at radius 2 is 1.83 bits per heavy atom. The molecule has 0 fully saturated rings. The molecule has 0 radical (unpaired) electrons. The number of aryl methyl sites for hydroxylation is 1. The van der Waals surface area contributed by atoms with E-state index in [1.807, 2.05) is 6.07 Å². The Balaban J connectivity index is 2.75.